The predicted molar refractivity (Wildman–Crippen MR) is 65.6 cm³/mol. The van der Waals surface area contributed by atoms with Crippen LogP contribution in [-0.2, 0) is 6.54 Å². The van der Waals surface area contributed by atoms with Gasteiger partial charge in [0.25, 0.3) is 0 Å². The molecule has 1 aromatic carbocycles. The van der Waals surface area contributed by atoms with Crippen molar-refractivity contribution in [1.29, 1.82) is 0 Å². The zero-order valence-corrected chi connectivity index (χ0v) is 9.83. The van der Waals surface area contributed by atoms with E-state index in [0.29, 0.717) is 0 Å². The lowest BCUT2D eigenvalue weighted by molar-refractivity contribution is 0.146. The standard InChI is InChI=1S/C14H19N/c1-14(2,3)15-10-6-9-12-7-4-5-8-13(12)11-15/h4-9H,10-11H2,1-3H3. The Labute approximate surface area is 92.4 Å². The Morgan fingerprint density at radius 2 is 1.87 bits per heavy atom. The van der Waals surface area contributed by atoms with Crippen molar-refractivity contribution in [2.45, 2.75) is 32.9 Å². The average Bonchev–Trinajstić information content (AvgIpc) is 2.38. The molecule has 0 fully saturated rings. The van der Waals surface area contributed by atoms with E-state index in [0.717, 1.165) is 13.1 Å². The Bertz CT molecular complexity index is 371. The Morgan fingerprint density at radius 3 is 2.60 bits per heavy atom. The molecular formula is C14H19N. The highest BCUT2D eigenvalue weighted by molar-refractivity contribution is 5.54. The molecule has 0 aromatic heterocycles. The largest absolute Gasteiger partial charge is 0.291 e. The predicted octanol–water partition coefficient (Wildman–Crippen LogP) is 3.31. The van der Waals surface area contributed by atoms with Crippen molar-refractivity contribution in [2.75, 3.05) is 6.54 Å². The summed E-state index contributed by atoms with van der Waals surface area (Å²) in [6.45, 7) is 8.91. The van der Waals surface area contributed by atoms with Gasteiger partial charge in [0.15, 0.2) is 0 Å². The van der Waals surface area contributed by atoms with Crippen LogP contribution in [0.3, 0.4) is 0 Å². The van der Waals surface area contributed by atoms with Crippen molar-refractivity contribution in [1.82, 2.24) is 4.90 Å². The molecule has 1 heteroatoms. The Morgan fingerprint density at radius 1 is 1.13 bits per heavy atom. The minimum atomic E-state index is 0.238. The molecule has 2 rings (SSSR count). The maximum absolute atomic E-state index is 2.50. The summed E-state index contributed by atoms with van der Waals surface area (Å²) in [5.41, 5.74) is 3.03. The minimum Gasteiger partial charge on any atom is -0.291 e. The van der Waals surface area contributed by atoms with Gasteiger partial charge < -0.3 is 0 Å². The molecule has 0 saturated carbocycles. The molecule has 0 aliphatic carbocycles. The van der Waals surface area contributed by atoms with Gasteiger partial charge in [0.05, 0.1) is 0 Å². The Kier molecular flexibility index (Phi) is 2.66. The zero-order chi connectivity index (χ0) is 10.9. The van der Waals surface area contributed by atoms with Crippen LogP contribution >= 0.6 is 0 Å². The van der Waals surface area contributed by atoms with E-state index in [2.05, 4.69) is 62.1 Å². The second-order valence-corrected chi connectivity index (χ2v) is 5.15. The normalized spacial score (nSPS) is 17.3. The number of hydrogen-bond acceptors (Lipinski definition) is 1. The monoisotopic (exact) mass is 201 g/mol. The number of nitrogens with zero attached hydrogens (tertiary/aromatic N) is 1. The molecule has 1 nitrogen and oxygen atoms in total. The van der Waals surface area contributed by atoms with Crippen molar-refractivity contribution in [3.8, 4) is 0 Å². The van der Waals surface area contributed by atoms with Crippen LogP contribution in [0.15, 0.2) is 30.3 Å². The topological polar surface area (TPSA) is 3.24 Å². The summed E-state index contributed by atoms with van der Waals surface area (Å²) < 4.78 is 0. The van der Waals surface area contributed by atoms with Crippen LogP contribution in [0.2, 0.25) is 0 Å². The smallest absolute Gasteiger partial charge is 0.0248 e. The van der Waals surface area contributed by atoms with Gasteiger partial charge >= 0.3 is 0 Å². The second-order valence-electron chi connectivity index (χ2n) is 5.15. The molecule has 1 heterocycles. The third-order valence-corrected chi connectivity index (χ3v) is 2.99. The van der Waals surface area contributed by atoms with Gasteiger partial charge in [-0.1, -0.05) is 36.4 Å². The maximum atomic E-state index is 2.50. The summed E-state index contributed by atoms with van der Waals surface area (Å²) in [5, 5.41) is 0. The molecule has 15 heavy (non-hydrogen) atoms. The van der Waals surface area contributed by atoms with Crippen LogP contribution < -0.4 is 0 Å². The first-order valence-corrected chi connectivity index (χ1v) is 5.57. The van der Waals surface area contributed by atoms with Crippen molar-refractivity contribution < 1.29 is 0 Å². The SMILES string of the molecule is CC(C)(C)N1CC=Cc2ccccc2C1. The van der Waals surface area contributed by atoms with Gasteiger partial charge in [-0.25, -0.2) is 0 Å². The van der Waals surface area contributed by atoms with Crippen LogP contribution in [-0.4, -0.2) is 17.0 Å². The van der Waals surface area contributed by atoms with Gasteiger partial charge in [-0.2, -0.15) is 0 Å². The first-order valence-electron chi connectivity index (χ1n) is 5.57. The molecule has 0 bridgehead atoms. The van der Waals surface area contributed by atoms with Crippen molar-refractivity contribution in [3.05, 3.63) is 41.5 Å². The highest BCUT2D eigenvalue weighted by Crippen LogP contribution is 2.22. The van der Waals surface area contributed by atoms with E-state index in [1.54, 1.807) is 0 Å². The van der Waals surface area contributed by atoms with E-state index >= 15 is 0 Å². The molecule has 0 N–H and O–H groups in total. The third-order valence-electron chi connectivity index (χ3n) is 2.99. The van der Waals surface area contributed by atoms with Gasteiger partial charge in [0.2, 0.25) is 0 Å². The summed E-state index contributed by atoms with van der Waals surface area (Å²) in [6.07, 6.45) is 4.50. The van der Waals surface area contributed by atoms with Crippen molar-refractivity contribution in [2.24, 2.45) is 0 Å². The fraction of sp³-hybridized carbons (Fsp3) is 0.429. The molecule has 1 aliphatic rings. The molecule has 0 spiro atoms. The average molecular weight is 201 g/mol. The summed E-state index contributed by atoms with van der Waals surface area (Å²) in [4.78, 5) is 2.50. The fourth-order valence-electron chi connectivity index (χ4n) is 1.93. The molecule has 1 aromatic rings. The molecular weight excluding hydrogens is 182 g/mol. The number of benzene rings is 1. The second kappa shape index (κ2) is 3.82. The van der Waals surface area contributed by atoms with Crippen LogP contribution in [0.4, 0.5) is 0 Å². The van der Waals surface area contributed by atoms with E-state index in [-0.39, 0.29) is 5.54 Å². The van der Waals surface area contributed by atoms with Crippen LogP contribution in [0.5, 0.6) is 0 Å². The lowest BCUT2D eigenvalue weighted by atomic mass is 10.0. The molecule has 0 unspecified atom stereocenters. The summed E-state index contributed by atoms with van der Waals surface area (Å²) in [5.74, 6) is 0. The van der Waals surface area contributed by atoms with Gasteiger partial charge in [0.1, 0.15) is 0 Å². The molecule has 0 amide bonds. The zero-order valence-electron chi connectivity index (χ0n) is 9.83. The van der Waals surface area contributed by atoms with E-state index in [9.17, 15) is 0 Å². The van der Waals surface area contributed by atoms with E-state index in [1.807, 2.05) is 0 Å². The van der Waals surface area contributed by atoms with Crippen molar-refractivity contribution >= 4 is 6.08 Å². The molecule has 0 atom stereocenters. The number of fused-ring (bicyclic) bond motifs is 1. The van der Waals surface area contributed by atoms with Crippen LogP contribution in [0.1, 0.15) is 31.9 Å². The lowest BCUT2D eigenvalue weighted by Gasteiger charge is -2.34. The van der Waals surface area contributed by atoms with Gasteiger partial charge in [0, 0.05) is 18.6 Å². The van der Waals surface area contributed by atoms with Gasteiger partial charge in [-0.3, -0.25) is 4.90 Å². The maximum Gasteiger partial charge on any atom is 0.0248 e. The summed E-state index contributed by atoms with van der Waals surface area (Å²) in [7, 11) is 0. The first-order chi connectivity index (χ1) is 7.07. The molecule has 0 radical (unpaired) electrons. The molecule has 80 valence electrons. The van der Waals surface area contributed by atoms with E-state index in [4.69, 9.17) is 0 Å². The van der Waals surface area contributed by atoms with E-state index in [1.165, 1.54) is 11.1 Å². The van der Waals surface area contributed by atoms with Gasteiger partial charge in [-0.05, 0) is 31.9 Å². The van der Waals surface area contributed by atoms with Gasteiger partial charge in [-0.15, -0.1) is 0 Å². The third kappa shape index (κ3) is 2.29. The highest BCUT2D eigenvalue weighted by Gasteiger charge is 2.21. The molecule has 1 aliphatic heterocycles. The minimum absolute atomic E-state index is 0.238. The Balaban J connectivity index is 2.31. The number of hydrogen-bond donors (Lipinski definition) is 0. The molecule has 0 saturated heterocycles. The van der Waals surface area contributed by atoms with Crippen LogP contribution in [0.25, 0.3) is 6.08 Å². The van der Waals surface area contributed by atoms with E-state index < -0.39 is 0 Å². The fourth-order valence-corrected chi connectivity index (χ4v) is 1.93. The van der Waals surface area contributed by atoms with Crippen molar-refractivity contribution in [3.63, 3.8) is 0 Å². The highest BCUT2D eigenvalue weighted by atomic mass is 15.2. The Hall–Kier alpha value is -1.08. The summed E-state index contributed by atoms with van der Waals surface area (Å²) in [6, 6.07) is 8.65. The first kappa shape index (κ1) is 10.4. The van der Waals surface area contributed by atoms with Crippen LogP contribution in [0, 0.1) is 0 Å². The number of rotatable bonds is 0. The quantitative estimate of drug-likeness (QED) is 0.622. The summed E-state index contributed by atoms with van der Waals surface area (Å²) >= 11 is 0. The lowest BCUT2D eigenvalue weighted by Crippen LogP contribution is -2.40.